The Labute approximate surface area is 106 Å². The number of halogens is 1. The quantitative estimate of drug-likeness (QED) is 0.459. The first kappa shape index (κ1) is 12.4. The lowest BCUT2D eigenvalue weighted by Gasteiger charge is -2.15. The number of rotatable bonds is 2. The average Bonchev–Trinajstić information content (AvgIpc) is 2.57. The van der Waals surface area contributed by atoms with E-state index in [1.165, 1.54) is 19.0 Å². The van der Waals surface area contributed by atoms with Gasteiger partial charge in [-0.05, 0) is 37.8 Å². The highest BCUT2D eigenvalue weighted by atomic mass is 35.5. The number of carbonyl (C=O) groups is 1. The molecule has 1 aromatic heterocycles. The van der Waals surface area contributed by atoms with E-state index in [4.69, 9.17) is 16.3 Å². The van der Waals surface area contributed by atoms with Crippen LogP contribution in [0.3, 0.4) is 0 Å². The summed E-state index contributed by atoms with van der Waals surface area (Å²) in [6.07, 6.45) is 8.33. The first-order valence-electron chi connectivity index (χ1n) is 6.08. The zero-order chi connectivity index (χ0) is 12.1. The fourth-order valence-electron chi connectivity index (χ4n) is 2.11. The van der Waals surface area contributed by atoms with E-state index in [1.807, 2.05) is 0 Å². The average molecular weight is 254 g/mol. The van der Waals surface area contributed by atoms with Gasteiger partial charge in [0.1, 0.15) is 11.3 Å². The Morgan fingerprint density at radius 1 is 1.29 bits per heavy atom. The van der Waals surface area contributed by atoms with Gasteiger partial charge in [-0.15, -0.1) is 0 Å². The van der Waals surface area contributed by atoms with Crippen molar-refractivity contribution in [1.82, 2.24) is 4.98 Å². The van der Waals surface area contributed by atoms with E-state index in [1.54, 1.807) is 12.1 Å². The number of carbonyl (C=O) groups excluding carboxylic acids is 1. The summed E-state index contributed by atoms with van der Waals surface area (Å²) >= 11 is 5.74. The van der Waals surface area contributed by atoms with E-state index in [0.717, 1.165) is 25.7 Å². The number of hydrogen-bond acceptors (Lipinski definition) is 3. The molecule has 92 valence electrons. The Balaban J connectivity index is 1.96. The molecule has 0 N–H and O–H groups in total. The molecule has 2 rings (SSSR count). The van der Waals surface area contributed by atoms with Crippen molar-refractivity contribution in [3.63, 3.8) is 0 Å². The molecular formula is C13H16ClNO2. The third-order valence-electron chi connectivity index (χ3n) is 3.04. The molecule has 0 radical (unpaired) electrons. The minimum atomic E-state index is -0.291. The number of aromatic nitrogens is 1. The summed E-state index contributed by atoms with van der Waals surface area (Å²) in [5.74, 6) is -0.291. The van der Waals surface area contributed by atoms with Crippen molar-refractivity contribution in [2.45, 2.75) is 44.6 Å². The lowest BCUT2D eigenvalue weighted by atomic mass is 10.1. The highest BCUT2D eigenvalue weighted by Gasteiger charge is 2.17. The maximum atomic E-state index is 11.9. The van der Waals surface area contributed by atoms with Crippen molar-refractivity contribution in [3.05, 3.63) is 29.0 Å². The van der Waals surface area contributed by atoms with Crippen LogP contribution in [0.25, 0.3) is 0 Å². The van der Waals surface area contributed by atoms with E-state index in [-0.39, 0.29) is 12.1 Å². The first-order valence-corrected chi connectivity index (χ1v) is 6.46. The highest BCUT2D eigenvalue weighted by molar-refractivity contribution is 6.29. The smallest absolute Gasteiger partial charge is 0.338 e. The second-order valence-electron chi connectivity index (χ2n) is 4.39. The number of nitrogens with zero attached hydrogens (tertiary/aromatic N) is 1. The lowest BCUT2D eigenvalue weighted by Crippen LogP contribution is -2.17. The van der Waals surface area contributed by atoms with E-state index in [0.29, 0.717) is 10.7 Å². The highest BCUT2D eigenvalue weighted by Crippen LogP contribution is 2.21. The molecule has 0 unspecified atom stereocenters. The molecule has 1 fully saturated rings. The van der Waals surface area contributed by atoms with Crippen LogP contribution < -0.4 is 0 Å². The second kappa shape index (κ2) is 6.01. The molecule has 1 saturated carbocycles. The van der Waals surface area contributed by atoms with Crippen LogP contribution in [0, 0.1) is 0 Å². The Bertz CT molecular complexity index is 387. The lowest BCUT2D eigenvalue weighted by molar-refractivity contribution is 0.0267. The van der Waals surface area contributed by atoms with E-state index >= 15 is 0 Å². The number of ether oxygens (including phenoxy) is 1. The van der Waals surface area contributed by atoms with Crippen LogP contribution >= 0.6 is 11.6 Å². The maximum absolute atomic E-state index is 11.9. The van der Waals surface area contributed by atoms with Crippen molar-refractivity contribution in [3.8, 4) is 0 Å². The Hall–Kier alpha value is -1.09. The number of esters is 1. The molecule has 0 bridgehead atoms. The third kappa shape index (κ3) is 3.70. The maximum Gasteiger partial charge on any atom is 0.338 e. The number of hydrogen-bond donors (Lipinski definition) is 0. The van der Waals surface area contributed by atoms with Crippen LogP contribution in [-0.4, -0.2) is 17.1 Å². The summed E-state index contributed by atoms with van der Waals surface area (Å²) in [5, 5.41) is 0.320. The molecule has 0 amide bonds. The van der Waals surface area contributed by atoms with E-state index in [2.05, 4.69) is 4.98 Å². The summed E-state index contributed by atoms with van der Waals surface area (Å²) in [7, 11) is 0. The predicted molar refractivity (Wildman–Crippen MR) is 66.2 cm³/mol. The van der Waals surface area contributed by atoms with Crippen molar-refractivity contribution < 1.29 is 9.53 Å². The minimum absolute atomic E-state index is 0.0666. The van der Waals surface area contributed by atoms with Crippen LogP contribution in [0.15, 0.2) is 18.3 Å². The molecule has 0 atom stereocenters. The molecule has 17 heavy (non-hydrogen) atoms. The molecule has 0 spiro atoms. The second-order valence-corrected chi connectivity index (χ2v) is 4.77. The monoisotopic (exact) mass is 253 g/mol. The number of pyridine rings is 1. The molecule has 0 aromatic carbocycles. The summed E-state index contributed by atoms with van der Waals surface area (Å²) < 4.78 is 5.49. The summed E-state index contributed by atoms with van der Waals surface area (Å²) in [6, 6.07) is 3.17. The summed E-state index contributed by atoms with van der Waals surface area (Å²) in [5.41, 5.74) is 0.481. The van der Waals surface area contributed by atoms with Crippen LogP contribution in [0.1, 0.15) is 48.9 Å². The molecule has 1 aliphatic rings. The van der Waals surface area contributed by atoms with Crippen molar-refractivity contribution in [1.29, 1.82) is 0 Å². The van der Waals surface area contributed by atoms with Gasteiger partial charge in [0.25, 0.3) is 0 Å². The van der Waals surface area contributed by atoms with Gasteiger partial charge in [-0.1, -0.05) is 24.4 Å². The van der Waals surface area contributed by atoms with Gasteiger partial charge in [0.15, 0.2) is 0 Å². The van der Waals surface area contributed by atoms with Gasteiger partial charge in [0.2, 0.25) is 0 Å². The van der Waals surface area contributed by atoms with E-state index < -0.39 is 0 Å². The fraction of sp³-hybridized carbons (Fsp3) is 0.538. The van der Waals surface area contributed by atoms with Crippen LogP contribution in [0.2, 0.25) is 5.15 Å². The van der Waals surface area contributed by atoms with Crippen LogP contribution in [-0.2, 0) is 4.74 Å². The fourth-order valence-corrected chi connectivity index (χ4v) is 2.28. The first-order chi connectivity index (χ1) is 8.25. The van der Waals surface area contributed by atoms with Crippen LogP contribution in [0.4, 0.5) is 0 Å². The molecule has 3 nitrogen and oxygen atoms in total. The van der Waals surface area contributed by atoms with Crippen LogP contribution in [0.5, 0.6) is 0 Å². The van der Waals surface area contributed by atoms with Gasteiger partial charge in [-0.3, -0.25) is 0 Å². The third-order valence-corrected chi connectivity index (χ3v) is 3.24. The SMILES string of the molecule is O=C(OC1CCCCCC1)c1ccnc(Cl)c1. The standard InChI is InChI=1S/C13H16ClNO2/c14-12-9-10(7-8-15-12)13(16)17-11-5-3-1-2-4-6-11/h7-9,11H,1-6H2. The van der Waals surface area contributed by atoms with Crippen molar-refractivity contribution >= 4 is 17.6 Å². The van der Waals surface area contributed by atoms with Gasteiger partial charge in [0.05, 0.1) is 5.56 Å². The van der Waals surface area contributed by atoms with Gasteiger partial charge in [-0.2, -0.15) is 0 Å². The Kier molecular flexibility index (Phi) is 4.37. The van der Waals surface area contributed by atoms with Gasteiger partial charge >= 0.3 is 5.97 Å². The Morgan fingerprint density at radius 3 is 2.65 bits per heavy atom. The molecule has 1 aliphatic carbocycles. The molecular weight excluding hydrogens is 238 g/mol. The zero-order valence-electron chi connectivity index (χ0n) is 9.69. The van der Waals surface area contributed by atoms with Crippen molar-refractivity contribution in [2.75, 3.05) is 0 Å². The normalized spacial score (nSPS) is 17.5. The molecule has 4 heteroatoms. The molecule has 1 aromatic rings. The molecule has 0 saturated heterocycles. The van der Waals surface area contributed by atoms with Gasteiger partial charge < -0.3 is 4.74 Å². The molecule has 0 aliphatic heterocycles. The minimum Gasteiger partial charge on any atom is -0.459 e. The van der Waals surface area contributed by atoms with Crippen molar-refractivity contribution in [2.24, 2.45) is 0 Å². The topological polar surface area (TPSA) is 39.2 Å². The predicted octanol–water partition coefficient (Wildman–Crippen LogP) is 3.61. The Morgan fingerprint density at radius 2 is 2.00 bits per heavy atom. The summed E-state index contributed by atoms with van der Waals surface area (Å²) in [4.78, 5) is 15.7. The molecule has 1 heterocycles. The zero-order valence-corrected chi connectivity index (χ0v) is 10.4. The van der Waals surface area contributed by atoms with E-state index in [9.17, 15) is 4.79 Å². The van der Waals surface area contributed by atoms with Gasteiger partial charge in [-0.25, -0.2) is 9.78 Å². The largest absolute Gasteiger partial charge is 0.459 e. The van der Waals surface area contributed by atoms with Gasteiger partial charge in [0, 0.05) is 6.20 Å². The summed E-state index contributed by atoms with van der Waals surface area (Å²) in [6.45, 7) is 0.